The third-order valence-electron chi connectivity index (χ3n) is 3.35. The molecule has 0 saturated heterocycles. The molecule has 0 saturated carbocycles. The Hall–Kier alpha value is -1.17. The lowest BCUT2D eigenvalue weighted by Gasteiger charge is -2.14. The molecular weight excluding hydrogens is 258 g/mol. The van der Waals surface area contributed by atoms with Gasteiger partial charge in [-0.1, -0.05) is 19.4 Å². The molecule has 1 unspecified atom stereocenters. The van der Waals surface area contributed by atoms with Gasteiger partial charge in [0.2, 0.25) is 0 Å². The van der Waals surface area contributed by atoms with Gasteiger partial charge < -0.3 is 10.4 Å². The van der Waals surface area contributed by atoms with Gasteiger partial charge in [-0.15, -0.1) is 11.3 Å². The molecule has 104 valence electrons. The molecule has 0 aliphatic heterocycles. The maximum atomic E-state index is 8.98. The predicted molar refractivity (Wildman–Crippen MR) is 79.1 cm³/mol. The monoisotopic (exact) mass is 279 g/mol. The van der Waals surface area contributed by atoms with Crippen molar-refractivity contribution < 1.29 is 5.11 Å². The fourth-order valence-electron chi connectivity index (χ4n) is 2.12. The standard InChI is InChI=1S/C14H21N3OS/c1-2-11(5-6-18)8-15-9-12-10-16-17-14(12)13-4-3-7-19-13/h3-4,7,10-11,15,18H,2,5-6,8-9H2,1H3,(H,16,17). The van der Waals surface area contributed by atoms with Crippen molar-refractivity contribution in [3.8, 4) is 10.6 Å². The summed E-state index contributed by atoms with van der Waals surface area (Å²) in [7, 11) is 0. The minimum atomic E-state index is 0.270. The van der Waals surface area contributed by atoms with Crippen molar-refractivity contribution in [2.24, 2.45) is 5.92 Å². The van der Waals surface area contributed by atoms with Crippen LogP contribution in [0, 0.1) is 5.92 Å². The van der Waals surface area contributed by atoms with E-state index in [4.69, 9.17) is 5.11 Å². The van der Waals surface area contributed by atoms with E-state index in [1.165, 1.54) is 10.4 Å². The number of aromatic nitrogens is 2. The molecule has 3 N–H and O–H groups in total. The Morgan fingerprint density at radius 3 is 3.11 bits per heavy atom. The lowest BCUT2D eigenvalue weighted by atomic mass is 10.0. The van der Waals surface area contributed by atoms with E-state index in [0.29, 0.717) is 5.92 Å². The van der Waals surface area contributed by atoms with Gasteiger partial charge >= 0.3 is 0 Å². The van der Waals surface area contributed by atoms with Crippen molar-refractivity contribution in [2.75, 3.05) is 13.2 Å². The Kier molecular flexibility index (Phi) is 5.57. The molecule has 2 aromatic heterocycles. The first kappa shape index (κ1) is 14.2. The summed E-state index contributed by atoms with van der Waals surface area (Å²) < 4.78 is 0. The van der Waals surface area contributed by atoms with Gasteiger partial charge in [0.15, 0.2) is 0 Å². The molecule has 0 amide bonds. The van der Waals surface area contributed by atoms with E-state index in [1.807, 2.05) is 12.3 Å². The zero-order chi connectivity index (χ0) is 13.5. The van der Waals surface area contributed by atoms with Gasteiger partial charge in [0.1, 0.15) is 0 Å². The Morgan fingerprint density at radius 1 is 1.53 bits per heavy atom. The van der Waals surface area contributed by atoms with Gasteiger partial charge in [-0.3, -0.25) is 5.10 Å². The minimum absolute atomic E-state index is 0.270. The minimum Gasteiger partial charge on any atom is -0.396 e. The number of nitrogens with one attached hydrogen (secondary N) is 2. The van der Waals surface area contributed by atoms with Crippen molar-refractivity contribution >= 4 is 11.3 Å². The van der Waals surface area contributed by atoms with Crippen LogP contribution in [0.15, 0.2) is 23.7 Å². The number of H-pyrrole nitrogens is 1. The van der Waals surface area contributed by atoms with Crippen molar-refractivity contribution in [1.82, 2.24) is 15.5 Å². The molecule has 19 heavy (non-hydrogen) atoms. The average Bonchev–Trinajstić information content (AvgIpc) is 3.08. The second kappa shape index (κ2) is 7.43. The van der Waals surface area contributed by atoms with Gasteiger partial charge in [0.25, 0.3) is 0 Å². The normalized spacial score (nSPS) is 12.7. The first-order valence-corrected chi connectivity index (χ1v) is 7.60. The summed E-state index contributed by atoms with van der Waals surface area (Å²) in [5.41, 5.74) is 2.30. The molecule has 0 bridgehead atoms. The van der Waals surface area contributed by atoms with Gasteiger partial charge in [-0.25, -0.2) is 0 Å². The molecule has 0 fully saturated rings. The lowest BCUT2D eigenvalue weighted by molar-refractivity contribution is 0.251. The molecule has 4 nitrogen and oxygen atoms in total. The van der Waals surface area contributed by atoms with Crippen molar-refractivity contribution in [3.05, 3.63) is 29.3 Å². The Balaban J connectivity index is 1.88. The van der Waals surface area contributed by atoms with Crippen LogP contribution < -0.4 is 5.32 Å². The number of hydrogen-bond acceptors (Lipinski definition) is 4. The molecule has 0 aliphatic carbocycles. The van der Waals surface area contributed by atoms with Crippen LogP contribution in [0.25, 0.3) is 10.6 Å². The Labute approximate surface area is 117 Å². The number of nitrogens with zero attached hydrogens (tertiary/aromatic N) is 1. The van der Waals surface area contributed by atoms with Crippen molar-refractivity contribution in [1.29, 1.82) is 0 Å². The summed E-state index contributed by atoms with van der Waals surface area (Å²) >= 11 is 1.72. The number of rotatable bonds is 8. The van der Waals surface area contributed by atoms with Gasteiger partial charge in [-0.2, -0.15) is 5.10 Å². The summed E-state index contributed by atoms with van der Waals surface area (Å²) in [6.45, 7) is 4.18. The molecule has 2 aromatic rings. The van der Waals surface area contributed by atoms with Crippen LogP contribution in [0.3, 0.4) is 0 Å². The molecule has 0 radical (unpaired) electrons. The SMILES string of the molecule is CCC(CCO)CNCc1cn[nH]c1-c1cccs1. The molecular formula is C14H21N3OS. The topological polar surface area (TPSA) is 60.9 Å². The molecule has 0 spiro atoms. The summed E-state index contributed by atoms with van der Waals surface area (Å²) in [5.74, 6) is 0.544. The van der Waals surface area contributed by atoms with Crippen LogP contribution in [-0.4, -0.2) is 28.5 Å². The molecule has 5 heteroatoms. The van der Waals surface area contributed by atoms with Crippen LogP contribution >= 0.6 is 11.3 Å². The summed E-state index contributed by atoms with van der Waals surface area (Å²) in [6, 6.07) is 4.15. The van der Waals surface area contributed by atoms with Gasteiger partial charge in [0, 0.05) is 18.7 Å². The van der Waals surface area contributed by atoms with E-state index in [0.717, 1.165) is 31.6 Å². The van der Waals surface area contributed by atoms with E-state index in [2.05, 4.69) is 33.9 Å². The number of aliphatic hydroxyl groups excluding tert-OH is 1. The average molecular weight is 279 g/mol. The third-order valence-corrected chi connectivity index (χ3v) is 4.24. The van der Waals surface area contributed by atoms with E-state index < -0.39 is 0 Å². The summed E-state index contributed by atoms with van der Waals surface area (Å²) in [4.78, 5) is 1.22. The van der Waals surface area contributed by atoms with Crippen molar-refractivity contribution in [3.63, 3.8) is 0 Å². The van der Waals surface area contributed by atoms with Crippen LogP contribution in [-0.2, 0) is 6.54 Å². The fraction of sp³-hybridized carbons (Fsp3) is 0.500. The highest BCUT2D eigenvalue weighted by Crippen LogP contribution is 2.25. The van der Waals surface area contributed by atoms with Gasteiger partial charge in [-0.05, 0) is 30.3 Å². The van der Waals surface area contributed by atoms with Crippen LogP contribution in [0.4, 0.5) is 0 Å². The zero-order valence-corrected chi connectivity index (χ0v) is 12.0. The third kappa shape index (κ3) is 3.89. The second-order valence-electron chi connectivity index (χ2n) is 4.66. The number of aliphatic hydroxyl groups is 1. The first-order valence-electron chi connectivity index (χ1n) is 6.72. The first-order chi connectivity index (χ1) is 9.35. The number of hydrogen-bond donors (Lipinski definition) is 3. The number of aromatic amines is 1. The van der Waals surface area contributed by atoms with Gasteiger partial charge in [0.05, 0.1) is 16.8 Å². The summed E-state index contributed by atoms with van der Waals surface area (Å²) in [6.07, 6.45) is 3.85. The maximum Gasteiger partial charge on any atom is 0.0794 e. The van der Waals surface area contributed by atoms with E-state index in [9.17, 15) is 0 Å². The molecule has 0 aliphatic rings. The van der Waals surface area contributed by atoms with E-state index in [-0.39, 0.29) is 6.61 Å². The van der Waals surface area contributed by atoms with Crippen LogP contribution in [0.2, 0.25) is 0 Å². The van der Waals surface area contributed by atoms with Crippen molar-refractivity contribution in [2.45, 2.75) is 26.3 Å². The molecule has 1 atom stereocenters. The Bertz CT molecular complexity index is 467. The highest BCUT2D eigenvalue weighted by molar-refractivity contribution is 7.13. The maximum absolute atomic E-state index is 8.98. The summed E-state index contributed by atoms with van der Waals surface area (Å²) in [5, 5.41) is 21.7. The fourth-order valence-corrected chi connectivity index (χ4v) is 2.88. The quantitative estimate of drug-likeness (QED) is 0.696. The molecule has 2 heterocycles. The van der Waals surface area contributed by atoms with E-state index in [1.54, 1.807) is 11.3 Å². The molecule has 2 rings (SSSR count). The Morgan fingerprint density at radius 2 is 2.42 bits per heavy atom. The van der Waals surface area contributed by atoms with Crippen LogP contribution in [0.1, 0.15) is 25.3 Å². The largest absolute Gasteiger partial charge is 0.396 e. The smallest absolute Gasteiger partial charge is 0.0794 e. The zero-order valence-electron chi connectivity index (χ0n) is 11.2. The predicted octanol–water partition coefficient (Wildman–Crippen LogP) is 2.64. The number of thiophene rings is 1. The molecule has 0 aromatic carbocycles. The highest BCUT2D eigenvalue weighted by atomic mass is 32.1. The highest BCUT2D eigenvalue weighted by Gasteiger charge is 2.09. The lowest BCUT2D eigenvalue weighted by Crippen LogP contribution is -2.23. The van der Waals surface area contributed by atoms with Crippen LogP contribution in [0.5, 0.6) is 0 Å². The second-order valence-corrected chi connectivity index (χ2v) is 5.61. The van der Waals surface area contributed by atoms with E-state index >= 15 is 0 Å².